The summed E-state index contributed by atoms with van der Waals surface area (Å²) in [7, 11) is 0. The number of hydrogen-bond donors (Lipinski definition) is 0. The van der Waals surface area contributed by atoms with Crippen LogP contribution < -0.4 is 0 Å². The smallest absolute Gasteiger partial charge is 0.136 e. The largest absolute Gasteiger partial charge is 0.456 e. The van der Waals surface area contributed by atoms with Crippen LogP contribution in [0.2, 0.25) is 0 Å². The molecule has 0 N–H and O–H groups in total. The Labute approximate surface area is 253 Å². The minimum Gasteiger partial charge on any atom is -0.456 e. The molecule has 0 saturated carbocycles. The Hall–Kier alpha value is -5.74. The van der Waals surface area contributed by atoms with E-state index in [1.807, 2.05) is 54.6 Å². The number of benzene rings is 5. The first kappa shape index (κ1) is 24.8. The number of rotatable bonds is 4. The zero-order chi connectivity index (χ0) is 29.0. The third-order valence-corrected chi connectivity index (χ3v) is 8.52. The number of hydrogen-bond acceptors (Lipinski definition) is 4. The lowest BCUT2D eigenvalue weighted by atomic mass is 9.96. The summed E-state index contributed by atoms with van der Waals surface area (Å²) in [5.74, 6) is 0. The van der Waals surface area contributed by atoms with Crippen molar-refractivity contribution in [3.05, 3.63) is 139 Å². The van der Waals surface area contributed by atoms with Crippen molar-refractivity contribution in [1.82, 2.24) is 9.97 Å². The molecule has 9 rings (SSSR count). The second kappa shape index (κ2) is 9.92. The Bertz CT molecular complexity index is 2440. The summed E-state index contributed by atoms with van der Waals surface area (Å²) in [6.07, 6.45) is 8.65. The van der Waals surface area contributed by atoms with E-state index < -0.39 is 0 Å². The zero-order valence-corrected chi connectivity index (χ0v) is 23.8. The molecule has 0 aliphatic heterocycles. The third kappa shape index (κ3) is 3.99. The van der Waals surface area contributed by atoms with Gasteiger partial charge in [-0.3, -0.25) is 0 Å². The van der Waals surface area contributed by atoms with Crippen LogP contribution in [0.5, 0.6) is 0 Å². The van der Waals surface area contributed by atoms with E-state index in [4.69, 9.17) is 18.8 Å². The molecule has 0 radical (unpaired) electrons. The topological polar surface area (TPSA) is 52.1 Å². The van der Waals surface area contributed by atoms with E-state index in [-0.39, 0.29) is 0 Å². The predicted octanol–water partition coefficient (Wildman–Crippen LogP) is 11.0. The summed E-state index contributed by atoms with van der Waals surface area (Å²) < 4.78 is 12.6. The van der Waals surface area contributed by atoms with E-state index >= 15 is 0 Å². The highest BCUT2D eigenvalue weighted by Gasteiger charge is 2.22. The summed E-state index contributed by atoms with van der Waals surface area (Å²) in [6.45, 7) is 0. The lowest BCUT2D eigenvalue weighted by Gasteiger charge is -2.17. The Morgan fingerprint density at radius 2 is 0.955 bits per heavy atom. The van der Waals surface area contributed by atoms with Crippen molar-refractivity contribution < 1.29 is 8.83 Å². The first-order valence-electron chi connectivity index (χ1n) is 15.0. The molecule has 0 saturated heterocycles. The Morgan fingerprint density at radius 1 is 0.432 bits per heavy atom. The van der Waals surface area contributed by atoms with Crippen molar-refractivity contribution >= 4 is 49.5 Å². The first-order valence-corrected chi connectivity index (χ1v) is 15.0. The van der Waals surface area contributed by atoms with Gasteiger partial charge in [-0.15, -0.1) is 0 Å². The number of nitrogens with zero attached hydrogens (tertiary/aromatic N) is 2. The van der Waals surface area contributed by atoms with Gasteiger partial charge in [0, 0.05) is 38.2 Å². The average Bonchev–Trinajstić information content (AvgIpc) is 3.66. The van der Waals surface area contributed by atoms with Gasteiger partial charge in [-0.25, -0.2) is 9.97 Å². The van der Waals surface area contributed by atoms with Crippen LogP contribution in [-0.2, 0) is 0 Å². The fourth-order valence-electron chi connectivity index (χ4n) is 6.37. The molecule has 1 aliphatic rings. The molecule has 5 aromatic carbocycles. The minimum atomic E-state index is 0.821. The minimum absolute atomic E-state index is 0.821. The van der Waals surface area contributed by atoms with Crippen LogP contribution >= 0.6 is 0 Å². The van der Waals surface area contributed by atoms with Crippen LogP contribution in [-0.4, -0.2) is 9.97 Å². The molecule has 0 amide bonds. The van der Waals surface area contributed by atoms with Crippen LogP contribution in [0.15, 0.2) is 142 Å². The maximum absolute atomic E-state index is 6.29. The lowest BCUT2D eigenvalue weighted by Crippen LogP contribution is -2.03. The predicted molar refractivity (Wildman–Crippen MR) is 179 cm³/mol. The van der Waals surface area contributed by atoms with E-state index in [0.29, 0.717) is 0 Å². The molecule has 0 fully saturated rings. The summed E-state index contributed by atoms with van der Waals surface area (Å²) in [6, 6.07) is 39.4. The second-order valence-corrected chi connectivity index (χ2v) is 11.2. The fraction of sp³-hybridized carbons (Fsp3) is 0.0500. The molecule has 0 spiro atoms. The van der Waals surface area contributed by atoms with E-state index in [1.54, 1.807) is 0 Å². The maximum Gasteiger partial charge on any atom is 0.136 e. The van der Waals surface area contributed by atoms with Gasteiger partial charge in [-0.2, -0.15) is 0 Å². The molecule has 44 heavy (non-hydrogen) atoms. The first-order chi connectivity index (χ1) is 21.8. The molecule has 3 aromatic heterocycles. The molecular formula is C40H26N2O2. The van der Waals surface area contributed by atoms with Gasteiger partial charge in [0.2, 0.25) is 0 Å². The van der Waals surface area contributed by atoms with E-state index in [1.165, 1.54) is 0 Å². The van der Waals surface area contributed by atoms with Gasteiger partial charge in [0.15, 0.2) is 0 Å². The normalized spacial score (nSPS) is 13.3. The highest BCUT2D eigenvalue weighted by molar-refractivity contribution is 6.07. The van der Waals surface area contributed by atoms with Crippen molar-refractivity contribution in [2.75, 3.05) is 0 Å². The third-order valence-electron chi connectivity index (χ3n) is 8.52. The summed E-state index contributed by atoms with van der Waals surface area (Å²) in [5, 5.41) is 4.40. The highest BCUT2D eigenvalue weighted by Crippen LogP contribution is 2.40. The SMILES string of the molecule is C1=CC(c2nc(-c3ccc4c(c3)oc3ccccc34)c(-c3ccccc3)nc2-c2ccc3c(c2)oc2ccccc23)=CCC1. The van der Waals surface area contributed by atoms with E-state index in [0.717, 1.165) is 102 Å². The van der Waals surface area contributed by atoms with Gasteiger partial charge in [0.05, 0.1) is 22.8 Å². The van der Waals surface area contributed by atoms with E-state index in [2.05, 4.69) is 78.9 Å². The average molecular weight is 567 g/mol. The summed E-state index contributed by atoms with van der Waals surface area (Å²) >= 11 is 0. The van der Waals surface area contributed by atoms with Crippen molar-refractivity contribution in [2.45, 2.75) is 12.8 Å². The number of para-hydroxylation sites is 2. The van der Waals surface area contributed by atoms with Crippen LogP contribution in [0.1, 0.15) is 18.5 Å². The lowest BCUT2D eigenvalue weighted by molar-refractivity contribution is 0.668. The number of fused-ring (bicyclic) bond motifs is 6. The molecule has 3 heterocycles. The van der Waals surface area contributed by atoms with Crippen molar-refractivity contribution in [3.8, 4) is 33.8 Å². The van der Waals surface area contributed by atoms with Gasteiger partial charge < -0.3 is 8.83 Å². The molecule has 8 aromatic rings. The van der Waals surface area contributed by atoms with Crippen molar-refractivity contribution in [3.63, 3.8) is 0 Å². The van der Waals surface area contributed by atoms with Crippen LogP contribution in [0, 0.1) is 0 Å². The molecule has 4 heteroatoms. The van der Waals surface area contributed by atoms with Crippen LogP contribution in [0.4, 0.5) is 0 Å². The van der Waals surface area contributed by atoms with Crippen molar-refractivity contribution in [2.24, 2.45) is 0 Å². The fourth-order valence-corrected chi connectivity index (χ4v) is 6.37. The molecular weight excluding hydrogens is 540 g/mol. The number of allylic oxidation sites excluding steroid dienone is 4. The number of furan rings is 2. The molecule has 208 valence electrons. The Kier molecular flexibility index (Phi) is 5.60. The monoisotopic (exact) mass is 566 g/mol. The van der Waals surface area contributed by atoms with Gasteiger partial charge in [-0.1, -0.05) is 97.1 Å². The summed E-state index contributed by atoms with van der Waals surface area (Å²) in [5.41, 5.74) is 10.8. The van der Waals surface area contributed by atoms with Gasteiger partial charge >= 0.3 is 0 Å². The molecule has 4 nitrogen and oxygen atoms in total. The maximum atomic E-state index is 6.29. The Morgan fingerprint density at radius 3 is 1.57 bits per heavy atom. The summed E-state index contributed by atoms with van der Waals surface area (Å²) in [4.78, 5) is 10.9. The van der Waals surface area contributed by atoms with E-state index in [9.17, 15) is 0 Å². The quantitative estimate of drug-likeness (QED) is 0.213. The molecule has 1 aliphatic carbocycles. The standard InChI is InChI=1S/C40H26N2O2/c1-3-11-25(12-4-1)37-39(27-19-21-31-29-15-7-9-17-33(29)43-35(31)23-27)42-38(26-13-5-2-6-14-26)40(41-37)28-20-22-32-30-16-8-10-18-34(30)44-36(32)24-28/h1,3-5,7-24H,2,6H2. The van der Waals surface area contributed by atoms with Crippen LogP contribution in [0.3, 0.4) is 0 Å². The molecule has 0 atom stereocenters. The number of aromatic nitrogens is 2. The van der Waals surface area contributed by atoms with Gasteiger partial charge in [0.25, 0.3) is 0 Å². The van der Waals surface area contributed by atoms with Gasteiger partial charge in [0.1, 0.15) is 22.3 Å². The zero-order valence-electron chi connectivity index (χ0n) is 23.8. The highest BCUT2D eigenvalue weighted by atomic mass is 16.3. The Balaban J connectivity index is 1.31. The molecule has 0 bridgehead atoms. The van der Waals surface area contributed by atoms with Crippen molar-refractivity contribution in [1.29, 1.82) is 0 Å². The second-order valence-electron chi connectivity index (χ2n) is 11.2. The molecule has 0 unspecified atom stereocenters. The van der Waals surface area contributed by atoms with Crippen LogP contribution in [0.25, 0.3) is 83.2 Å². The van der Waals surface area contributed by atoms with Gasteiger partial charge in [-0.05, 0) is 54.8 Å².